The van der Waals surface area contributed by atoms with E-state index in [2.05, 4.69) is 9.88 Å². The number of hydrogen-bond donors (Lipinski definition) is 0. The van der Waals surface area contributed by atoms with Gasteiger partial charge in [-0.1, -0.05) is 35.9 Å². The average Bonchev–Trinajstić information content (AvgIpc) is 3.35. The number of ether oxygens (including phenoxy) is 2. The van der Waals surface area contributed by atoms with Gasteiger partial charge in [0.05, 0.1) is 11.3 Å². The molecule has 1 fully saturated rings. The van der Waals surface area contributed by atoms with Crippen LogP contribution in [0.15, 0.2) is 48.7 Å². The van der Waals surface area contributed by atoms with Gasteiger partial charge in [0.15, 0.2) is 11.5 Å². The van der Waals surface area contributed by atoms with Gasteiger partial charge in [0.25, 0.3) is 5.91 Å². The van der Waals surface area contributed by atoms with Gasteiger partial charge in [0.1, 0.15) is 0 Å². The molecule has 1 saturated heterocycles. The molecule has 2 aliphatic heterocycles. The molecule has 0 unspecified atom stereocenters. The van der Waals surface area contributed by atoms with Crippen LogP contribution in [0.25, 0.3) is 11.3 Å². The SMILES string of the molecule is CC(C)N(Cc1ccc2c(c1)OCO2)C(=O)c1cnc(N2CCCCC2)nc1-c1ccccc1Cl. The molecule has 0 atom stereocenters. The van der Waals surface area contributed by atoms with Crippen LogP contribution in [0.1, 0.15) is 49.0 Å². The number of anilines is 1. The highest BCUT2D eigenvalue weighted by Crippen LogP contribution is 2.34. The number of hydrogen-bond acceptors (Lipinski definition) is 6. The largest absolute Gasteiger partial charge is 0.454 e. The Morgan fingerprint density at radius 2 is 1.86 bits per heavy atom. The van der Waals surface area contributed by atoms with Gasteiger partial charge in [0, 0.05) is 42.5 Å². The zero-order valence-corrected chi connectivity index (χ0v) is 20.8. The maximum Gasteiger partial charge on any atom is 0.258 e. The summed E-state index contributed by atoms with van der Waals surface area (Å²) in [5.41, 5.74) is 2.69. The molecule has 35 heavy (non-hydrogen) atoms. The van der Waals surface area contributed by atoms with Crippen LogP contribution in [0, 0.1) is 0 Å². The zero-order valence-electron chi connectivity index (χ0n) is 20.0. The Bertz CT molecular complexity index is 1230. The summed E-state index contributed by atoms with van der Waals surface area (Å²) in [7, 11) is 0. The van der Waals surface area contributed by atoms with Crippen molar-refractivity contribution in [2.45, 2.75) is 45.7 Å². The fraction of sp³-hybridized carbons (Fsp3) is 0.370. The molecule has 1 amide bonds. The monoisotopic (exact) mass is 492 g/mol. The number of carbonyl (C=O) groups excluding carboxylic acids is 1. The molecule has 0 spiro atoms. The van der Waals surface area contributed by atoms with E-state index < -0.39 is 0 Å². The summed E-state index contributed by atoms with van der Waals surface area (Å²) in [6, 6.07) is 13.2. The quantitative estimate of drug-likeness (QED) is 0.448. The van der Waals surface area contributed by atoms with Gasteiger partial charge in [-0.3, -0.25) is 4.79 Å². The highest BCUT2D eigenvalue weighted by molar-refractivity contribution is 6.33. The summed E-state index contributed by atoms with van der Waals surface area (Å²) in [6.45, 7) is 6.47. The van der Waals surface area contributed by atoms with E-state index >= 15 is 0 Å². The van der Waals surface area contributed by atoms with E-state index in [1.807, 2.05) is 61.2 Å². The van der Waals surface area contributed by atoms with Crippen LogP contribution in [0.2, 0.25) is 5.02 Å². The summed E-state index contributed by atoms with van der Waals surface area (Å²) in [6.07, 6.45) is 5.10. The number of nitrogens with zero attached hydrogens (tertiary/aromatic N) is 4. The number of rotatable bonds is 6. The van der Waals surface area contributed by atoms with E-state index in [9.17, 15) is 4.79 Å². The van der Waals surface area contributed by atoms with Crippen molar-refractivity contribution in [3.63, 3.8) is 0 Å². The van der Waals surface area contributed by atoms with Crippen molar-refractivity contribution >= 4 is 23.5 Å². The Balaban J connectivity index is 1.52. The van der Waals surface area contributed by atoms with Crippen molar-refractivity contribution in [3.8, 4) is 22.8 Å². The molecule has 182 valence electrons. The van der Waals surface area contributed by atoms with Crippen molar-refractivity contribution in [1.29, 1.82) is 0 Å². The lowest BCUT2D eigenvalue weighted by atomic mass is 10.0. The van der Waals surface area contributed by atoms with Crippen molar-refractivity contribution in [1.82, 2.24) is 14.9 Å². The molecule has 0 radical (unpaired) electrons. The minimum absolute atomic E-state index is 0.0474. The van der Waals surface area contributed by atoms with Gasteiger partial charge >= 0.3 is 0 Å². The molecule has 1 aromatic heterocycles. The van der Waals surface area contributed by atoms with Gasteiger partial charge in [-0.05, 0) is 56.9 Å². The fourth-order valence-corrected chi connectivity index (χ4v) is 4.74. The molecule has 0 bridgehead atoms. The van der Waals surface area contributed by atoms with Crippen molar-refractivity contribution in [2.24, 2.45) is 0 Å². The van der Waals surface area contributed by atoms with Crippen LogP contribution in [-0.4, -0.2) is 46.7 Å². The van der Waals surface area contributed by atoms with E-state index in [4.69, 9.17) is 26.1 Å². The highest BCUT2D eigenvalue weighted by Gasteiger charge is 2.27. The number of aromatic nitrogens is 2. The Kier molecular flexibility index (Phi) is 6.77. The predicted octanol–water partition coefficient (Wildman–Crippen LogP) is 5.57. The Morgan fingerprint density at radius 3 is 2.63 bits per heavy atom. The topological polar surface area (TPSA) is 67.8 Å². The predicted molar refractivity (Wildman–Crippen MR) is 136 cm³/mol. The van der Waals surface area contributed by atoms with Crippen molar-refractivity contribution < 1.29 is 14.3 Å². The van der Waals surface area contributed by atoms with Gasteiger partial charge in [0.2, 0.25) is 12.7 Å². The molecular weight excluding hydrogens is 464 g/mol. The summed E-state index contributed by atoms with van der Waals surface area (Å²) in [4.78, 5) is 27.5. The minimum Gasteiger partial charge on any atom is -0.454 e. The summed E-state index contributed by atoms with van der Waals surface area (Å²) in [5.74, 6) is 1.92. The van der Waals surface area contributed by atoms with E-state index in [-0.39, 0.29) is 18.7 Å². The average molecular weight is 493 g/mol. The number of piperidine rings is 1. The van der Waals surface area contributed by atoms with Gasteiger partial charge < -0.3 is 19.3 Å². The van der Waals surface area contributed by atoms with Crippen molar-refractivity contribution in [2.75, 3.05) is 24.8 Å². The summed E-state index contributed by atoms with van der Waals surface area (Å²) in [5, 5.41) is 0.553. The second kappa shape index (κ2) is 10.1. The lowest BCUT2D eigenvalue weighted by Crippen LogP contribution is -2.37. The summed E-state index contributed by atoms with van der Waals surface area (Å²) >= 11 is 6.57. The third-order valence-electron chi connectivity index (χ3n) is 6.45. The highest BCUT2D eigenvalue weighted by atomic mass is 35.5. The smallest absolute Gasteiger partial charge is 0.258 e. The fourth-order valence-electron chi connectivity index (χ4n) is 4.51. The zero-order chi connectivity index (χ0) is 24.4. The molecule has 3 aromatic rings. The first-order chi connectivity index (χ1) is 17.0. The van der Waals surface area contributed by atoms with E-state index in [0.717, 1.165) is 42.8 Å². The van der Waals surface area contributed by atoms with Crippen LogP contribution in [-0.2, 0) is 6.54 Å². The molecule has 0 saturated carbocycles. The van der Waals surface area contributed by atoms with Crippen molar-refractivity contribution in [3.05, 3.63) is 64.8 Å². The number of carbonyl (C=O) groups is 1. The van der Waals surface area contributed by atoms with Crippen LogP contribution in [0.4, 0.5) is 5.95 Å². The molecular formula is C27H29ClN4O3. The summed E-state index contributed by atoms with van der Waals surface area (Å²) < 4.78 is 10.9. The second-order valence-corrected chi connectivity index (χ2v) is 9.58. The van der Waals surface area contributed by atoms with E-state index in [1.165, 1.54) is 6.42 Å². The van der Waals surface area contributed by atoms with Crippen LogP contribution in [0.3, 0.4) is 0 Å². The Hall–Kier alpha value is -3.32. The van der Waals surface area contributed by atoms with Gasteiger partial charge in [-0.15, -0.1) is 0 Å². The number of amides is 1. The first-order valence-electron chi connectivity index (χ1n) is 12.1. The Labute approximate surface area is 210 Å². The van der Waals surface area contributed by atoms with E-state index in [1.54, 1.807) is 6.20 Å². The van der Waals surface area contributed by atoms with Gasteiger partial charge in [-0.25, -0.2) is 9.97 Å². The number of benzene rings is 2. The molecule has 2 aliphatic rings. The first-order valence-corrected chi connectivity index (χ1v) is 12.5. The van der Waals surface area contributed by atoms with Gasteiger partial charge in [-0.2, -0.15) is 0 Å². The molecule has 3 heterocycles. The first kappa shape index (κ1) is 23.4. The van der Waals surface area contributed by atoms with Crippen LogP contribution in [0.5, 0.6) is 11.5 Å². The third-order valence-corrected chi connectivity index (χ3v) is 6.78. The lowest BCUT2D eigenvalue weighted by molar-refractivity contribution is 0.0690. The molecule has 8 heteroatoms. The second-order valence-electron chi connectivity index (χ2n) is 9.17. The Morgan fingerprint density at radius 1 is 1.09 bits per heavy atom. The number of fused-ring (bicyclic) bond motifs is 1. The van der Waals surface area contributed by atoms with E-state index in [0.29, 0.717) is 34.5 Å². The molecule has 0 aliphatic carbocycles. The standard InChI is InChI=1S/C27H29ClN4O3/c1-18(2)32(16-19-10-11-23-24(14-19)35-17-34-23)26(33)21-15-29-27(31-12-6-3-7-13-31)30-25(21)20-8-4-5-9-22(20)28/h4-5,8-11,14-15,18H,3,6-7,12-13,16-17H2,1-2H3. The van der Waals surface area contributed by atoms with Crippen LogP contribution >= 0.6 is 11.6 Å². The maximum absolute atomic E-state index is 14.0. The minimum atomic E-state index is -0.141. The number of halogens is 1. The third kappa shape index (κ3) is 4.91. The lowest BCUT2D eigenvalue weighted by Gasteiger charge is -2.29. The molecule has 0 N–H and O–H groups in total. The normalized spacial score (nSPS) is 14.9. The molecule has 2 aromatic carbocycles. The molecule has 5 rings (SSSR count). The molecule has 7 nitrogen and oxygen atoms in total. The maximum atomic E-state index is 14.0. The van der Waals surface area contributed by atoms with Crippen LogP contribution < -0.4 is 14.4 Å².